The van der Waals surface area contributed by atoms with Gasteiger partial charge >= 0.3 is 0 Å². The van der Waals surface area contributed by atoms with Crippen molar-refractivity contribution in [2.45, 2.75) is 24.7 Å². The fourth-order valence-corrected chi connectivity index (χ4v) is 4.71. The second-order valence-corrected chi connectivity index (χ2v) is 8.96. The molecule has 0 spiro atoms. The molecule has 1 amide bonds. The molecule has 0 aromatic heterocycles. The third-order valence-electron chi connectivity index (χ3n) is 4.72. The maximum Gasteiger partial charge on any atom is 0.243 e. The van der Waals surface area contributed by atoms with Crippen molar-refractivity contribution in [2.24, 2.45) is 5.92 Å². The van der Waals surface area contributed by atoms with E-state index in [-0.39, 0.29) is 35.6 Å². The summed E-state index contributed by atoms with van der Waals surface area (Å²) in [5.41, 5.74) is 1.21. The number of halogens is 2. The first-order valence-electron chi connectivity index (χ1n) is 8.60. The third kappa shape index (κ3) is 4.48. The molecule has 1 aliphatic heterocycles. The van der Waals surface area contributed by atoms with Crippen LogP contribution >= 0.6 is 11.6 Å². The van der Waals surface area contributed by atoms with Gasteiger partial charge in [-0.05, 0) is 67.8 Å². The van der Waals surface area contributed by atoms with Gasteiger partial charge in [0.15, 0.2) is 0 Å². The number of hydrogen-bond acceptors (Lipinski definition) is 3. The highest BCUT2D eigenvalue weighted by Gasteiger charge is 2.32. The van der Waals surface area contributed by atoms with Gasteiger partial charge in [-0.1, -0.05) is 11.6 Å². The first kappa shape index (κ1) is 19.8. The van der Waals surface area contributed by atoms with Gasteiger partial charge in [0.2, 0.25) is 15.9 Å². The summed E-state index contributed by atoms with van der Waals surface area (Å²) >= 11 is 5.81. The molecule has 27 heavy (non-hydrogen) atoms. The minimum absolute atomic E-state index is 0.173. The molecule has 0 aliphatic carbocycles. The summed E-state index contributed by atoms with van der Waals surface area (Å²) < 4.78 is 39.9. The molecular formula is C19H20ClFN2O3S. The molecule has 144 valence electrons. The number of amides is 1. The monoisotopic (exact) mass is 410 g/mol. The number of piperidine rings is 1. The zero-order chi connectivity index (χ0) is 19.6. The number of nitrogens with zero attached hydrogens (tertiary/aromatic N) is 1. The topological polar surface area (TPSA) is 66.5 Å². The van der Waals surface area contributed by atoms with Gasteiger partial charge in [-0.25, -0.2) is 12.8 Å². The smallest absolute Gasteiger partial charge is 0.243 e. The Kier molecular flexibility index (Phi) is 5.83. The number of carbonyl (C=O) groups excluding carboxylic acids is 1. The average molecular weight is 411 g/mol. The fraction of sp³-hybridized carbons (Fsp3) is 0.316. The Balaban J connectivity index is 1.62. The Hall–Kier alpha value is -1.96. The molecule has 8 heteroatoms. The van der Waals surface area contributed by atoms with E-state index in [1.807, 2.05) is 0 Å². The Labute approximate surface area is 163 Å². The molecular weight excluding hydrogens is 391 g/mol. The van der Waals surface area contributed by atoms with Crippen LogP contribution in [0.4, 0.5) is 10.1 Å². The average Bonchev–Trinajstić information content (AvgIpc) is 2.64. The number of nitrogens with one attached hydrogen (secondary N) is 1. The number of carbonyl (C=O) groups is 1. The summed E-state index contributed by atoms with van der Waals surface area (Å²) in [4.78, 5) is 12.7. The van der Waals surface area contributed by atoms with Crippen molar-refractivity contribution in [3.8, 4) is 0 Å². The molecule has 1 N–H and O–H groups in total. The van der Waals surface area contributed by atoms with Crippen LogP contribution in [-0.2, 0) is 14.8 Å². The molecule has 0 radical (unpaired) electrons. The first-order valence-corrected chi connectivity index (χ1v) is 10.4. The number of sulfonamides is 1. The molecule has 0 bridgehead atoms. The molecule has 2 aromatic rings. The fourth-order valence-electron chi connectivity index (χ4n) is 3.12. The predicted octanol–water partition coefficient (Wildman–Crippen LogP) is 3.83. The second kappa shape index (κ2) is 7.96. The van der Waals surface area contributed by atoms with Crippen LogP contribution in [0.5, 0.6) is 0 Å². The van der Waals surface area contributed by atoms with Crippen LogP contribution in [0, 0.1) is 18.7 Å². The quantitative estimate of drug-likeness (QED) is 0.833. The van der Waals surface area contributed by atoms with Gasteiger partial charge in [0.1, 0.15) is 5.82 Å². The molecule has 2 aromatic carbocycles. The van der Waals surface area contributed by atoms with Crippen molar-refractivity contribution in [1.82, 2.24) is 4.31 Å². The maximum absolute atomic E-state index is 13.2. The summed E-state index contributed by atoms with van der Waals surface area (Å²) in [6.07, 6.45) is 0.859. The molecule has 1 fully saturated rings. The summed E-state index contributed by atoms with van der Waals surface area (Å²) in [6, 6.07) is 10.2. The van der Waals surface area contributed by atoms with Crippen LogP contribution in [0.2, 0.25) is 5.02 Å². The lowest BCUT2D eigenvalue weighted by molar-refractivity contribution is -0.120. The minimum atomic E-state index is -3.60. The predicted molar refractivity (Wildman–Crippen MR) is 103 cm³/mol. The summed E-state index contributed by atoms with van der Waals surface area (Å²) in [5, 5.41) is 3.28. The van der Waals surface area contributed by atoms with Crippen molar-refractivity contribution < 1.29 is 17.6 Å². The molecule has 0 atom stereocenters. The molecule has 1 heterocycles. The maximum atomic E-state index is 13.2. The third-order valence-corrected chi connectivity index (χ3v) is 6.89. The highest BCUT2D eigenvalue weighted by atomic mass is 35.5. The lowest BCUT2D eigenvalue weighted by atomic mass is 9.97. The highest BCUT2D eigenvalue weighted by Crippen LogP contribution is 2.26. The summed E-state index contributed by atoms with van der Waals surface area (Å²) in [7, 11) is -3.60. The van der Waals surface area contributed by atoms with Crippen LogP contribution in [0.1, 0.15) is 18.4 Å². The first-order chi connectivity index (χ1) is 12.8. The zero-order valence-electron chi connectivity index (χ0n) is 14.8. The molecule has 0 saturated carbocycles. The number of anilines is 1. The van der Waals surface area contributed by atoms with E-state index < -0.39 is 10.0 Å². The summed E-state index contributed by atoms with van der Waals surface area (Å²) in [5.74, 6) is -0.814. The van der Waals surface area contributed by atoms with E-state index in [9.17, 15) is 17.6 Å². The normalized spacial score (nSPS) is 16.3. The molecule has 0 unspecified atom stereocenters. The number of hydrogen-bond donors (Lipinski definition) is 1. The van der Waals surface area contributed by atoms with E-state index in [1.165, 1.54) is 34.6 Å². The lowest BCUT2D eigenvalue weighted by Crippen LogP contribution is -2.41. The van der Waals surface area contributed by atoms with E-state index in [0.717, 1.165) is 0 Å². The molecule has 5 nitrogen and oxygen atoms in total. The molecule has 3 rings (SSSR count). The van der Waals surface area contributed by atoms with E-state index in [1.54, 1.807) is 19.1 Å². The Bertz CT molecular complexity index is 940. The van der Waals surface area contributed by atoms with E-state index in [2.05, 4.69) is 5.32 Å². The lowest BCUT2D eigenvalue weighted by Gasteiger charge is -2.30. The Morgan fingerprint density at radius 2 is 1.78 bits per heavy atom. The Morgan fingerprint density at radius 3 is 2.37 bits per heavy atom. The van der Waals surface area contributed by atoms with Crippen molar-refractivity contribution in [1.29, 1.82) is 0 Å². The van der Waals surface area contributed by atoms with Crippen molar-refractivity contribution in [3.63, 3.8) is 0 Å². The number of aryl methyl sites for hydroxylation is 1. The van der Waals surface area contributed by atoms with Crippen molar-refractivity contribution in [3.05, 3.63) is 58.9 Å². The van der Waals surface area contributed by atoms with Crippen LogP contribution in [0.3, 0.4) is 0 Å². The van der Waals surface area contributed by atoms with Crippen LogP contribution in [0.25, 0.3) is 0 Å². The van der Waals surface area contributed by atoms with Gasteiger partial charge in [0.05, 0.1) is 4.90 Å². The minimum Gasteiger partial charge on any atom is -0.326 e. The second-order valence-electron chi connectivity index (χ2n) is 6.58. The van der Waals surface area contributed by atoms with Crippen LogP contribution in [-0.4, -0.2) is 31.7 Å². The number of benzene rings is 2. The van der Waals surface area contributed by atoms with Gasteiger partial charge in [-0.3, -0.25) is 4.79 Å². The largest absolute Gasteiger partial charge is 0.326 e. The van der Waals surface area contributed by atoms with Crippen LogP contribution in [0.15, 0.2) is 47.4 Å². The van der Waals surface area contributed by atoms with Crippen LogP contribution < -0.4 is 5.32 Å². The SMILES string of the molecule is Cc1cc(F)ccc1NC(=O)C1CCN(S(=O)(=O)c2ccc(Cl)cc2)CC1. The van der Waals surface area contributed by atoms with Crippen molar-refractivity contribution in [2.75, 3.05) is 18.4 Å². The molecule has 1 aliphatic rings. The van der Waals surface area contributed by atoms with Gasteiger partial charge in [0, 0.05) is 29.7 Å². The molecule has 1 saturated heterocycles. The standard InChI is InChI=1S/C19H20ClFN2O3S/c1-13-12-16(21)4-7-18(13)22-19(24)14-8-10-23(11-9-14)27(25,26)17-5-2-15(20)3-6-17/h2-7,12,14H,8-11H2,1H3,(H,22,24). The zero-order valence-corrected chi connectivity index (χ0v) is 16.4. The highest BCUT2D eigenvalue weighted by molar-refractivity contribution is 7.89. The van der Waals surface area contributed by atoms with E-state index >= 15 is 0 Å². The van der Waals surface area contributed by atoms with E-state index in [0.29, 0.717) is 29.1 Å². The van der Waals surface area contributed by atoms with Gasteiger partial charge in [0.25, 0.3) is 0 Å². The van der Waals surface area contributed by atoms with Gasteiger partial charge < -0.3 is 5.32 Å². The van der Waals surface area contributed by atoms with Gasteiger partial charge in [-0.2, -0.15) is 4.31 Å². The van der Waals surface area contributed by atoms with E-state index in [4.69, 9.17) is 11.6 Å². The Morgan fingerprint density at radius 1 is 1.15 bits per heavy atom. The van der Waals surface area contributed by atoms with Crippen molar-refractivity contribution >= 4 is 33.2 Å². The summed E-state index contributed by atoms with van der Waals surface area (Å²) in [6.45, 7) is 2.26. The number of rotatable bonds is 4. The van der Waals surface area contributed by atoms with Gasteiger partial charge in [-0.15, -0.1) is 0 Å².